The van der Waals surface area contributed by atoms with E-state index in [-0.39, 0.29) is 12.0 Å². The average Bonchev–Trinajstić information content (AvgIpc) is 2.91. The Balaban J connectivity index is 1.96. The number of nitrogens with two attached hydrogens (primary N) is 1. The smallest absolute Gasteiger partial charge is 0.305 e. The maximum absolute atomic E-state index is 10.9. The number of rotatable bonds is 11. The Morgan fingerprint density at radius 2 is 2.25 bits per heavy atom. The van der Waals surface area contributed by atoms with Gasteiger partial charge in [0.05, 0.1) is 13.7 Å². The predicted molar refractivity (Wildman–Crippen MR) is 77.2 cm³/mol. The number of esters is 1. The van der Waals surface area contributed by atoms with Crippen molar-refractivity contribution >= 4 is 5.97 Å². The van der Waals surface area contributed by atoms with E-state index in [9.17, 15) is 4.79 Å². The molecule has 1 atom stereocenters. The summed E-state index contributed by atoms with van der Waals surface area (Å²) in [4.78, 5) is 10.9. The largest absolute Gasteiger partial charge is 0.469 e. The van der Waals surface area contributed by atoms with Gasteiger partial charge in [-0.1, -0.05) is 11.6 Å². The molecule has 0 aromatic heterocycles. The first kappa shape index (κ1) is 16.8. The number of carbonyl (C=O) groups excluding carboxylic acids is 1. The van der Waals surface area contributed by atoms with Gasteiger partial charge in [-0.2, -0.15) is 5.11 Å². The number of ether oxygens (including phenoxy) is 1. The summed E-state index contributed by atoms with van der Waals surface area (Å²) < 4.78 is 4.60. The summed E-state index contributed by atoms with van der Waals surface area (Å²) in [6, 6.07) is 0.253. The van der Waals surface area contributed by atoms with Crippen LogP contribution in [-0.4, -0.2) is 56.9 Å². The minimum Gasteiger partial charge on any atom is -0.469 e. The van der Waals surface area contributed by atoms with E-state index in [1.165, 1.54) is 7.11 Å². The fourth-order valence-electron chi connectivity index (χ4n) is 2.04. The van der Waals surface area contributed by atoms with Crippen molar-refractivity contribution in [3.05, 3.63) is 0 Å². The molecule has 0 saturated heterocycles. The third-order valence-corrected chi connectivity index (χ3v) is 3.23. The molecule has 1 rings (SSSR count). The normalized spacial score (nSPS) is 17.7. The fourth-order valence-corrected chi connectivity index (χ4v) is 2.04. The Labute approximate surface area is 120 Å². The van der Waals surface area contributed by atoms with Gasteiger partial charge in [-0.05, 0) is 32.4 Å². The van der Waals surface area contributed by atoms with Gasteiger partial charge >= 0.3 is 5.97 Å². The van der Waals surface area contributed by atoms with E-state index >= 15 is 0 Å². The number of methoxy groups -OCH3 is 1. The number of carbonyl (C=O) groups is 1. The van der Waals surface area contributed by atoms with Gasteiger partial charge in [-0.25, -0.2) is 0 Å². The van der Waals surface area contributed by atoms with E-state index < -0.39 is 0 Å². The minimum atomic E-state index is -0.130. The van der Waals surface area contributed by atoms with Crippen LogP contribution in [0.4, 0.5) is 0 Å². The van der Waals surface area contributed by atoms with Crippen molar-refractivity contribution in [2.75, 3.05) is 39.8 Å². The Kier molecular flexibility index (Phi) is 8.90. The van der Waals surface area contributed by atoms with E-state index in [4.69, 9.17) is 5.73 Å². The van der Waals surface area contributed by atoms with E-state index in [2.05, 4.69) is 20.4 Å². The molecule has 1 heterocycles. The highest BCUT2D eigenvalue weighted by atomic mass is 16.5. The number of hydrogen-bond acceptors (Lipinski definition) is 7. The van der Waals surface area contributed by atoms with Gasteiger partial charge in [0.2, 0.25) is 0 Å². The molecule has 1 aliphatic rings. The molecular weight excluding hydrogens is 258 g/mol. The van der Waals surface area contributed by atoms with E-state index in [0.717, 1.165) is 58.4 Å². The molecule has 0 aromatic carbocycles. The molecule has 1 unspecified atom stereocenters. The summed E-state index contributed by atoms with van der Waals surface area (Å²) in [5.41, 5.74) is 5.43. The number of unbranched alkanes of at least 4 members (excludes halogenated alkanes) is 2. The summed E-state index contributed by atoms with van der Waals surface area (Å²) in [7, 11) is 1.43. The molecule has 0 aromatic rings. The first-order valence-electron chi connectivity index (χ1n) is 7.39. The SMILES string of the molecule is COC(=O)CCCCCN1CC(CNCCCN)N=N1. The number of hydrogen-bond donors (Lipinski definition) is 2. The quantitative estimate of drug-likeness (QED) is 0.431. The summed E-state index contributed by atoms with van der Waals surface area (Å²) in [5.74, 6) is -0.130. The minimum absolute atomic E-state index is 0.130. The van der Waals surface area contributed by atoms with Crippen molar-refractivity contribution in [3.8, 4) is 0 Å². The van der Waals surface area contributed by atoms with Gasteiger partial charge in [-0.15, -0.1) is 0 Å². The zero-order valence-corrected chi connectivity index (χ0v) is 12.4. The molecule has 0 saturated carbocycles. The molecule has 3 N–H and O–H groups in total. The van der Waals surface area contributed by atoms with Crippen LogP contribution in [0.1, 0.15) is 32.1 Å². The second-order valence-electron chi connectivity index (χ2n) is 5.00. The van der Waals surface area contributed by atoms with Gasteiger partial charge in [0.25, 0.3) is 0 Å². The first-order chi connectivity index (χ1) is 9.76. The molecule has 0 fully saturated rings. The standard InChI is InChI=1S/C13H27N5O2/c1-20-13(19)6-3-2-4-9-18-11-12(16-17-18)10-15-8-5-7-14/h12,15H,2-11,14H2,1H3. The molecule has 1 aliphatic heterocycles. The highest BCUT2D eigenvalue weighted by Crippen LogP contribution is 2.10. The summed E-state index contributed by atoms with van der Waals surface area (Å²) >= 11 is 0. The van der Waals surface area contributed by atoms with Crippen molar-refractivity contribution in [1.82, 2.24) is 10.3 Å². The van der Waals surface area contributed by atoms with Crippen molar-refractivity contribution in [1.29, 1.82) is 0 Å². The molecule has 7 nitrogen and oxygen atoms in total. The third-order valence-electron chi connectivity index (χ3n) is 3.23. The van der Waals surface area contributed by atoms with Gasteiger partial charge in [0.1, 0.15) is 6.04 Å². The Hall–Kier alpha value is -1.21. The van der Waals surface area contributed by atoms with Crippen LogP contribution in [0, 0.1) is 0 Å². The maximum atomic E-state index is 10.9. The molecular formula is C13H27N5O2. The topological polar surface area (TPSA) is 92.3 Å². The average molecular weight is 285 g/mol. The summed E-state index contributed by atoms with van der Waals surface area (Å²) in [5, 5.41) is 13.7. The lowest BCUT2D eigenvalue weighted by atomic mass is 10.2. The number of nitrogens with zero attached hydrogens (tertiary/aromatic N) is 3. The van der Waals surface area contributed by atoms with Crippen molar-refractivity contribution in [3.63, 3.8) is 0 Å². The Bertz CT molecular complexity index is 298. The van der Waals surface area contributed by atoms with E-state index in [0.29, 0.717) is 6.42 Å². The van der Waals surface area contributed by atoms with Crippen LogP contribution < -0.4 is 11.1 Å². The highest BCUT2D eigenvalue weighted by Gasteiger charge is 2.18. The highest BCUT2D eigenvalue weighted by molar-refractivity contribution is 5.68. The zero-order chi connectivity index (χ0) is 14.6. The molecule has 0 radical (unpaired) electrons. The van der Waals surface area contributed by atoms with Crippen molar-refractivity contribution in [2.24, 2.45) is 16.1 Å². The molecule has 0 aliphatic carbocycles. The van der Waals surface area contributed by atoms with E-state index in [1.54, 1.807) is 0 Å². The van der Waals surface area contributed by atoms with E-state index in [1.807, 2.05) is 5.01 Å². The summed E-state index contributed by atoms with van der Waals surface area (Å²) in [6.07, 6.45) is 4.42. The van der Waals surface area contributed by atoms with Crippen LogP contribution in [-0.2, 0) is 9.53 Å². The monoisotopic (exact) mass is 285 g/mol. The van der Waals surface area contributed by atoms with Crippen LogP contribution in [0.3, 0.4) is 0 Å². The lowest BCUT2D eigenvalue weighted by Gasteiger charge is -2.13. The van der Waals surface area contributed by atoms with Crippen LogP contribution in [0.25, 0.3) is 0 Å². The second-order valence-corrected chi connectivity index (χ2v) is 5.00. The maximum Gasteiger partial charge on any atom is 0.305 e. The summed E-state index contributed by atoms with van der Waals surface area (Å²) in [6.45, 7) is 4.31. The van der Waals surface area contributed by atoms with Crippen molar-refractivity contribution in [2.45, 2.75) is 38.1 Å². The van der Waals surface area contributed by atoms with Crippen LogP contribution >= 0.6 is 0 Å². The second kappa shape index (κ2) is 10.6. The predicted octanol–water partition coefficient (Wildman–Crippen LogP) is 0.710. The van der Waals surface area contributed by atoms with Crippen molar-refractivity contribution < 1.29 is 9.53 Å². The molecule has 0 spiro atoms. The van der Waals surface area contributed by atoms with Gasteiger partial charge in [0, 0.05) is 19.5 Å². The lowest BCUT2D eigenvalue weighted by molar-refractivity contribution is -0.140. The first-order valence-corrected chi connectivity index (χ1v) is 7.39. The zero-order valence-electron chi connectivity index (χ0n) is 12.4. The van der Waals surface area contributed by atoms with Gasteiger partial charge < -0.3 is 15.8 Å². The number of nitrogens with one attached hydrogen (secondary N) is 1. The van der Waals surface area contributed by atoms with Crippen LogP contribution in [0.15, 0.2) is 10.3 Å². The molecule has 20 heavy (non-hydrogen) atoms. The Morgan fingerprint density at radius 1 is 1.40 bits per heavy atom. The molecule has 7 heteroatoms. The van der Waals surface area contributed by atoms with Gasteiger partial charge in [0.15, 0.2) is 0 Å². The molecule has 116 valence electrons. The fraction of sp³-hybridized carbons (Fsp3) is 0.923. The lowest BCUT2D eigenvalue weighted by Crippen LogP contribution is -2.32. The third kappa shape index (κ3) is 7.40. The molecule has 0 amide bonds. The van der Waals surface area contributed by atoms with Gasteiger partial charge in [-0.3, -0.25) is 9.80 Å². The Morgan fingerprint density at radius 3 is 3.00 bits per heavy atom. The van der Waals surface area contributed by atoms with Crippen LogP contribution in [0.5, 0.6) is 0 Å². The molecule has 0 bridgehead atoms. The van der Waals surface area contributed by atoms with Crippen LogP contribution in [0.2, 0.25) is 0 Å².